The van der Waals surface area contributed by atoms with Crippen molar-refractivity contribution in [3.05, 3.63) is 18.2 Å². The van der Waals surface area contributed by atoms with Crippen molar-refractivity contribution in [3.63, 3.8) is 0 Å². The van der Waals surface area contributed by atoms with Gasteiger partial charge < -0.3 is 4.57 Å². The van der Waals surface area contributed by atoms with Crippen LogP contribution < -0.4 is 11.3 Å². The van der Waals surface area contributed by atoms with E-state index in [1.807, 2.05) is 19.4 Å². The van der Waals surface area contributed by atoms with Crippen LogP contribution in [0.15, 0.2) is 12.4 Å². The van der Waals surface area contributed by atoms with Crippen molar-refractivity contribution in [1.29, 1.82) is 0 Å². The quantitative estimate of drug-likeness (QED) is 0.538. The molecule has 4 heteroatoms. The van der Waals surface area contributed by atoms with Gasteiger partial charge in [0.15, 0.2) is 0 Å². The highest BCUT2D eigenvalue weighted by Gasteiger charge is 2.20. The molecule has 4 nitrogen and oxygen atoms in total. The van der Waals surface area contributed by atoms with Gasteiger partial charge in [-0.1, -0.05) is 33.1 Å². The molecule has 1 heterocycles. The second-order valence-corrected chi connectivity index (χ2v) is 4.74. The van der Waals surface area contributed by atoms with Crippen LogP contribution in [0.2, 0.25) is 0 Å². The molecule has 0 amide bonds. The Morgan fingerprint density at radius 3 is 2.71 bits per heavy atom. The number of aryl methyl sites for hydroxylation is 1. The molecule has 0 saturated carbocycles. The monoisotopic (exact) mass is 238 g/mol. The van der Waals surface area contributed by atoms with Crippen LogP contribution in [-0.4, -0.2) is 15.6 Å². The van der Waals surface area contributed by atoms with Gasteiger partial charge in [-0.3, -0.25) is 11.3 Å². The Labute approximate surface area is 105 Å². The smallest absolute Gasteiger partial charge is 0.109 e. The molecule has 2 unspecified atom stereocenters. The summed E-state index contributed by atoms with van der Waals surface area (Å²) in [6.07, 6.45) is 9.66. The van der Waals surface area contributed by atoms with Crippen LogP contribution in [-0.2, 0) is 13.5 Å². The Kier molecular flexibility index (Phi) is 6.22. The van der Waals surface area contributed by atoms with Gasteiger partial charge in [0.05, 0.1) is 0 Å². The van der Waals surface area contributed by atoms with Gasteiger partial charge in [0.2, 0.25) is 0 Å². The van der Waals surface area contributed by atoms with Crippen LogP contribution in [0.4, 0.5) is 0 Å². The van der Waals surface area contributed by atoms with Crippen LogP contribution in [0.25, 0.3) is 0 Å². The first-order chi connectivity index (χ1) is 8.22. The van der Waals surface area contributed by atoms with E-state index in [2.05, 4.69) is 28.8 Å². The number of rotatable bonds is 8. The van der Waals surface area contributed by atoms with Gasteiger partial charge in [-0.05, 0) is 12.3 Å². The Bertz CT molecular complexity index is 308. The van der Waals surface area contributed by atoms with Gasteiger partial charge in [-0.2, -0.15) is 0 Å². The highest BCUT2D eigenvalue weighted by molar-refractivity contribution is 4.95. The van der Waals surface area contributed by atoms with Crippen molar-refractivity contribution in [1.82, 2.24) is 15.0 Å². The predicted molar refractivity (Wildman–Crippen MR) is 71.3 cm³/mol. The molecule has 0 aliphatic carbocycles. The highest BCUT2D eigenvalue weighted by atomic mass is 15.2. The van der Waals surface area contributed by atoms with Crippen molar-refractivity contribution >= 4 is 0 Å². The molecular formula is C13H26N4. The van der Waals surface area contributed by atoms with E-state index in [0.29, 0.717) is 12.0 Å². The third-order valence-electron chi connectivity index (χ3n) is 3.56. The standard InChI is InChI=1S/C13H26N4/c1-4-6-7-11(5-2)12(16-14)10-13-15-8-9-17(13)3/h8-9,11-12,16H,4-7,10,14H2,1-3H3. The van der Waals surface area contributed by atoms with Crippen LogP contribution in [0, 0.1) is 5.92 Å². The fourth-order valence-corrected chi connectivity index (χ4v) is 2.31. The van der Waals surface area contributed by atoms with E-state index in [4.69, 9.17) is 5.84 Å². The van der Waals surface area contributed by atoms with E-state index < -0.39 is 0 Å². The average molecular weight is 238 g/mol. The molecule has 0 spiro atoms. The Hall–Kier alpha value is -0.870. The first-order valence-corrected chi connectivity index (χ1v) is 6.65. The molecule has 0 fully saturated rings. The molecule has 0 radical (unpaired) electrons. The zero-order chi connectivity index (χ0) is 12.7. The second-order valence-electron chi connectivity index (χ2n) is 4.74. The number of nitrogens with one attached hydrogen (secondary N) is 1. The minimum Gasteiger partial charge on any atom is -0.338 e. The number of hydrogen-bond donors (Lipinski definition) is 2. The van der Waals surface area contributed by atoms with Crippen LogP contribution >= 0.6 is 0 Å². The van der Waals surface area contributed by atoms with Gasteiger partial charge in [-0.25, -0.2) is 4.98 Å². The van der Waals surface area contributed by atoms with E-state index >= 15 is 0 Å². The maximum atomic E-state index is 5.70. The van der Waals surface area contributed by atoms with Crippen molar-refractivity contribution in [2.45, 2.75) is 52.0 Å². The van der Waals surface area contributed by atoms with E-state index in [1.54, 1.807) is 0 Å². The molecule has 1 aromatic rings. The normalized spacial score (nSPS) is 14.8. The molecule has 17 heavy (non-hydrogen) atoms. The van der Waals surface area contributed by atoms with E-state index in [1.165, 1.54) is 25.7 Å². The Balaban J connectivity index is 2.59. The fourth-order valence-electron chi connectivity index (χ4n) is 2.31. The van der Waals surface area contributed by atoms with Crippen molar-refractivity contribution < 1.29 is 0 Å². The molecular weight excluding hydrogens is 212 g/mol. The summed E-state index contributed by atoms with van der Waals surface area (Å²) in [6, 6.07) is 0.327. The Morgan fingerprint density at radius 1 is 1.47 bits per heavy atom. The van der Waals surface area contributed by atoms with E-state index in [-0.39, 0.29) is 0 Å². The zero-order valence-electron chi connectivity index (χ0n) is 11.3. The summed E-state index contributed by atoms with van der Waals surface area (Å²) < 4.78 is 2.07. The Morgan fingerprint density at radius 2 is 2.24 bits per heavy atom. The van der Waals surface area contributed by atoms with E-state index in [9.17, 15) is 0 Å². The number of imidazole rings is 1. The SMILES string of the molecule is CCCCC(CC)C(Cc1nccn1C)NN. The fraction of sp³-hybridized carbons (Fsp3) is 0.769. The second kappa shape index (κ2) is 7.45. The summed E-state index contributed by atoms with van der Waals surface area (Å²) in [5.41, 5.74) is 2.97. The third kappa shape index (κ3) is 4.13. The number of unbranched alkanes of at least 4 members (excludes halogenated alkanes) is 1. The van der Waals surface area contributed by atoms with Crippen molar-refractivity contribution in [2.24, 2.45) is 18.8 Å². The van der Waals surface area contributed by atoms with Gasteiger partial charge in [0, 0.05) is 31.9 Å². The number of hydrogen-bond acceptors (Lipinski definition) is 3. The first-order valence-electron chi connectivity index (χ1n) is 6.65. The molecule has 0 aliphatic heterocycles. The summed E-state index contributed by atoms with van der Waals surface area (Å²) in [6.45, 7) is 4.47. The van der Waals surface area contributed by atoms with Crippen LogP contribution in [0.1, 0.15) is 45.4 Å². The third-order valence-corrected chi connectivity index (χ3v) is 3.56. The molecule has 0 bridgehead atoms. The number of aromatic nitrogens is 2. The van der Waals surface area contributed by atoms with Crippen LogP contribution in [0.5, 0.6) is 0 Å². The lowest BCUT2D eigenvalue weighted by Crippen LogP contribution is -2.42. The van der Waals surface area contributed by atoms with Crippen molar-refractivity contribution in [2.75, 3.05) is 0 Å². The van der Waals surface area contributed by atoms with Gasteiger partial charge >= 0.3 is 0 Å². The molecule has 0 aliphatic rings. The minimum absolute atomic E-state index is 0.327. The molecule has 2 atom stereocenters. The summed E-state index contributed by atoms with van der Waals surface area (Å²) >= 11 is 0. The molecule has 3 N–H and O–H groups in total. The maximum Gasteiger partial charge on any atom is 0.109 e. The highest BCUT2D eigenvalue weighted by Crippen LogP contribution is 2.19. The van der Waals surface area contributed by atoms with Gasteiger partial charge in [0.25, 0.3) is 0 Å². The molecule has 98 valence electrons. The molecule has 0 saturated heterocycles. The molecule has 0 aromatic carbocycles. The average Bonchev–Trinajstić information content (AvgIpc) is 2.74. The summed E-state index contributed by atoms with van der Waals surface area (Å²) in [7, 11) is 2.03. The molecule has 1 aromatic heterocycles. The summed E-state index contributed by atoms with van der Waals surface area (Å²) in [4.78, 5) is 4.37. The molecule has 1 rings (SSSR count). The maximum absolute atomic E-state index is 5.70. The minimum atomic E-state index is 0.327. The number of nitrogens with zero attached hydrogens (tertiary/aromatic N) is 2. The summed E-state index contributed by atoms with van der Waals surface area (Å²) in [5.74, 6) is 7.44. The largest absolute Gasteiger partial charge is 0.338 e. The lowest BCUT2D eigenvalue weighted by Gasteiger charge is -2.25. The van der Waals surface area contributed by atoms with Crippen molar-refractivity contribution in [3.8, 4) is 0 Å². The first kappa shape index (κ1) is 14.2. The summed E-state index contributed by atoms with van der Waals surface area (Å²) in [5, 5.41) is 0. The lowest BCUT2D eigenvalue weighted by atomic mass is 9.89. The van der Waals surface area contributed by atoms with Gasteiger partial charge in [0.1, 0.15) is 5.82 Å². The van der Waals surface area contributed by atoms with Crippen LogP contribution in [0.3, 0.4) is 0 Å². The van der Waals surface area contributed by atoms with Gasteiger partial charge in [-0.15, -0.1) is 0 Å². The zero-order valence-corrected chi connectivity index (χ0v) is 11.3. The number of hydrazine groups is 1. The van der Waals surface area contributed by atoms with E-state index in [0.717, 1.165) is 12.2 Å². The topological polar surface area (TPSA) is 55.9 Å². The predicted octanol–water partition coefficient (Wildman–Crippen LogP) is 2.01. The lowest BCUT2D eigenvalue weighted by molar-refractivity contribution is 0.313. The number of nitrogens with two attached hydrogens (primary N) is 1.